The smallest absolute Gasteiger partial charge is 0.227 e. The third kappa shape index (κ3) is 3.18. The van der Waals surface area contributed by atoms with Gasteiger partial charge in [-0.25, -0.2) is 0 Å². The van der Waals surface area contributed by atoms with Crippen LogP contribution in [0.4, 0.5) is 0 Å². The number of nitrogens with one attached hydrogen (secondary N) is 2. The Morgan fingerprint density at radius 2 is 2.27 bits per heavy atom. The maximum atomic E-state index is 11.9. The Kier molecular flexibility index (Phi) is 4.11. The number of carbonyl (C=O) groups is 1. The van der Waals surface area contributed by atoms with Crippen LogP contribution < -0.4 is 10.6 Å². The number of amides is 1. The zero-order chi connectivity index (χ0) is 11.5. The molecule has 2 unspecified atom stereocenters. The van der Waals surface area contributed by atoms with E-state index in [1.54, 1.807) is 0 Å². The molecule has 0 aromatic heterocycles. The lowest BCUT2D eigenvalue weighted by atomic mass is 9.89. The number of hydrogen-bond donors (Lipinski definition) is 2. The van der Waals surface area contributed by atoms with Gasteiger partial charge in [0, 0.05) is 19.1 Å². The Morgan fingerprint density at radius 3 is 2.73 bits per heavy atom. The van der Waals surface area contributed by atoms with Gasteiger partial charge in [0.2, 0.25) is 5.91 Å². The fourth-order valence-corrected chi connectivity index (χ4v) is 1.65. The van der Waals surface area contributed by atoms with Crippen molar-refractivity contribution < 1.29 is 4.79 Å². The van der Waals surface area contributed by atoms with E-state index in [-0.39, 0.29) is 11.3 Å². The summed E-state index contributed by atoms with van der Waals surface area (Å²) in [6.07, 6.45) is 0.940. The summed E-state index contributed by atoms with van der Waals surface area (Å²) in [5.41, 5.74) is -0.202. The lowest BCUT2D eigenvalue weighted by Crippen LogP contribution is -2.45. The van der Waals surface area contributed by atoms with Gasteiger partial charge in [0.1, 0.15) is 0 Å². The number of hydrogen-bond acceptors (Lipinski definition) is 3. The largest absolute Gasteiger partial charge is 0.354 e. The van der Waals surface area contributed by atoms with Crippen molar-refractivity contribution in [2.75, 3.05) is 33.7 Å². The van der Waals surface area contributed by atoms with Gasteiger partial charge < -0.3 is 15.5 Å². The van der Waals surface area contributed by atoms with E-state index < -0.39 is 0 Å². The van der Waals surface area contributed by atoms with Crippen LogP contribution >= 0.6 is 0 Å². The first-order chi connectivity index (χ1) is 6.96. The van der Waals surface area contributed by atoms with Crippen LogP contribution in [0.2, 0.25) is 0 Å². The molecule has 88 valence electrons. The minimum Gasteiger partial charge on any atom is -0.354 e. The van der Waals surface area contributed by atoms with Gasteiger partial charge in [-0.05, 0) is 40.9 Å². The molecule has 1 aliphatic rings. The molecule has 0 saturated carbocycles. The van der Waals surface area contributed by atoms with E-state index in [1.165, 1.54) is 0 Å². The summed E-state index contributed by atoms with van der Waals surface area (Å²) >= 11 is 0. The molecule has 1 rings (SSSR count). The third-order valence-electron chi connectivity index (χ3n) is 3.36. The highest BCUT2D eigenvalue weighted by atomic mass is 16.2. The second-order valence-electron chi connectivity index (χ2n) is 5.01. The van der Waals surface area contributed by atoms with Gasteiger partial charge in [-0.3, -0.25) is 4.79 Å². The second-order valence-corrected chi connectivity index (χ2v) is 5.01. The Bertz CT molecular complexity index is 222. The lowest BCUT2D eigenvalue weighted by molar-refractivity contribution is -0.129. The molecule has 1 aliphatic heterocycles. The third-order valence-corrected chi connectivity index (χ3v) is 3.36. The fraction of sp³-hybridized carbons (Fsp3) is 0.909. The predicted octanol–water partition coefficient (Wildman–Crippen LogP) is 0.0523. The SMILES string of the molecule is CC(CNC(=O)C1(C)CCNC1)N(C)C. The van der Waals surface area contributed by atoms with Gasteiger partial charge in [-0.2, -0.15) is 0 Å². The normalized spacial score (nSPS) is 28.1. The van der Waals surface area contributed by atoms with Crippen molar-refractivity contribution in [1.82, 2.24) is 15.5 Å². The Hall–Kier alpha value is -0.610. The highest BCUT2D eigenvalue weighted by Crippen LogP contribution is 2.24. The molecule has 1 heterocycles. The average molecular weight is 213 g/mol. The van der Waals surface area contributed by atoms with Gasteiger partial charge in [0.05, 0.1) is 5.41 Å². The minimum absolute atomic E-state index is 0.182. The maximum absolute atomic E-state index is 11.9. The first-order valence-electron chi connectivity index (χ1n) is 5.61. The Labute approximate surface area is 92.4 Å². The quantitative estimate of drug-likeness (QED) is 0.694. The molecular weight excluding hydrogens is 190 g/mol. The Balaban J connectivity index is 2.35. The number of nitrogens with zero attached hydrogens (tertiary/aromatic N) is 1. The Morgan fingerprint density at radius 1 is 1.60 bits per heavy atom. The van der Waals surface area contributed by atoms with Crippen LogP contribution in [0, 0.1) is 5.41 Å². The van der Waals surface area contributed by atoms with E-state index in [0.717, 1.165) is 26.1 Å². The molecule has 1 amide bonds. The molecule has 4 nitrogen and oxygen atoms in total. The van der Waals surface area contributed by atoms with E-state index in [0.29, 0.717) is 6.04 Å². The molecule has 0 aliphatic carbocycles. The number of likely N-dealkylation sites (N-methyl/N-ethyl adjacent to an activating group) is 1. The summed E-state index contributed by atoms with van der Waals surface area (Å²) in [6.45, 7) is 6.61. The van der Waals surface area contributed by atoms with E-state index in [1.807, 2.05) is 21.0 Å². The highest BCUT2D eigenvalue weighted by molar-refractivity contribution is 5.82. The number of rotatable bonds is 4. The van der Waals surface area contributed by atoms with Crippen molar-refractivity contribution in [2.24, 2.45) is 5.41 Å². The molecule has 0 radical (unpaired) electrons. The molecule has 1 fully saturated rings. The average Bonchev–Trinajstić information content (AvgIpc) is 2.62. The summed E-state index contributed by atoms with van der Waals surface area (Å²) in [4.78, 5) is 14.0. The lowest BCUT2D eigenvalue weighted by Gasteiger charge is -2.25. The van der Waals surface area contributed by atoms with Crippen molar-refractivity contribution in [3.8, 4) is 0 Å². The van der Waals surface area contributed by atoms with Crippen molar-refractivity contribution in [1.29, 1.82) is 0 Å². The van der Waals surface area contributed by atoms with Gasteiger partial charge in [0.25, 0.3) is 0 Å². The summed E-state index contributed by atoms with van der Waals surface area (Å²) < 4.78 is 0. The summed E-state index contributed by atoms with van der Waals surface area (Å²) in [6, 6.07) is 0.381. The van der Waals surface area contributed by atoms with Gasteiger partial charge >= 0.3 is 0 Å². The molecule has 0 bridgehead atoms. The van der Waals surface area contributed by atoms with Crippen LogP contribution in [0.1, 0.15) is 20.3 Å². The van der Waals surface area contributed by atoms with E-state index >= 15 is 0 Å². The molecule has 4 heteroatoms. The predicted molar refractivity (Wildman–Crippen MR) is 61.8 cm³/mol. The number of carbonyl (C=O) groups excluding carboxylic acids is 1. The van der Waals surface area contributed by atoms with Crippen LogP contribution in [-0.2, 0) is 4.79 Å². The zero-order valence-electron chi connectivity index (χ0n) is 10.3. The summed E-state index contributed by atoms with van der Waals surface area (Å²) in [5, 5.41) is 6.26. The minimum atomic E-state index is -0.202. The maximum Gasteiger partial charge on any atom is 0.227 e. The van der Waals surface area contributed by atoms with Crippen LogP contribution in [-0.4, -0.2) is 50.6 Å². The monoisotopic (exact) mass is 213 g/mol. The fourth-order valence-electron chi connectivity index (χ4n) is 1.65. The molecule has 2 atom stereocenters. The summed E-state index contributed by atoms with van der Waals surface area (Å²) in [7, 11) is 4.05. The molecule has 1 saturated heterocycles. The van der Waals surface area contributed by atoms with Crippen LogP contribution in [0.5, 0.6) is 0 Å². The van der Waals surface area contributed by atoms with E-state index in [9.17, 15) is 4.79 Å². The van der Waals surface area contributed by atoms with Gasteiger partial charge in [-0.1, -0.05) is 0 Å². The van der Waals surface area contributed by atoms with Crippen LogP contribution in [0.3, 0.4) is 0 Å². The van der Waals surface area contributed by atoms with Crippen LogP contribution in [0.15, 0.2) is 0 Å². The van der Waals surface area contributed by atoms with Gasteiger partial charge in [-0.15, -0.1) is 0 Å². The van der Waals surface area contributed by atoms with Crippen molar-refractivity contribution in [3.05, 3.63) is 0 Å². The van der Waals surface area contributed by atoms with E-state index in [4.69, 9.17) is 0 Å². The van der Waals surface area contributed by atoms with Crippen molar-refractivity contribution in [3.63, 3.8) is 0 Å². The van der Waals surface area contributed by atoms with Crippen molar-refractivity contribution in [2.45, 2.75) is 26.3 Å². The first kappa shape index (κ1) is 12.5. The topological polar surface area (TPSA) is 44.4 Å². The molecule has 0 aromatic carbocycles. The molecule has 0 aromatic rings. The zero-order valence-corrected chi connectivity index (χ0v) is 10.3. The molecule has 2 N–H and O–H groups in total. The van der Waals surface area contributed by atoms with Gasteiger partial charge in [0.15, 0.2) is 0 Å². The van der Waals surface area contributed by atoms with Crippen molar-refractivity contribution >= 4 is 5.91 Å². The molecular formula is C11H23N3O. The first-order valence-corrected chi connectivity index (χ1v) is 5.61. The van der Waals surface area contributed by atoms with Crippen LogP contribution in [0.25, 0.3) is 0 Å². The second kappa shape index (κ2) is 4.94. The highest BCUT2D eigenvalue weighted by Gasteiger charge is 2.36. The van der Waals surface area contributed by atoms with E-state index in [2.05, 4.69) is 22.5 Å². The summed E-state index contributed by atoms with van der Waals surface area (Å²) in [5.74, 6) is 0.182. The standard InChI is InChI=1S/C11H23N3O/c1-9(14(3)4)7-13-10(15)11(2)5-6-12-8-11/h9,12H,5-8H2,1-4H3,(H,13,15). The molecule has 0 spiro atoms. The molecule has 15 heavy (non-hydrogen) atoms.